The van der Waals surface area contributed by atoms with Crippen LogP contribution in [0.2, 0.25) is 0 Å². The van der Waals surface area contributed by atoms with E-state index in [1.54, 1.807) is 9.80 Å². The van der Waals surface area contributed by atoms with Gasteiger partial charge in [0.25, 0.3) is 0 Å². The van der Waals surface area contributed by atoms with Crippen LogP contribution in [0, 0.1) is 0 Å². The van der Waals surface area contributed by atoms with Gasteiger partial charge in [-0.1, -0.05) is 5.16 Å². The van der Waals surface area contributed by atoms with E-state index in [1.165, 1.54) is 0 Å². The van der Waals surface area contributed by atoms with Crippen LogP contribution < -0.4 is 5.73 Å². The van der Waals surface area contributed by atoms with E-state index in [9.17, 15) is 4.79 Å². The van der Waals surface area contributed by atoms with Gasteiger partial charge in [-0.05, 0) is 0 Å². The number of amidine groups is 1. The summed E-state index contributed by atoms with van der Waals surface area (Å²) in [5.41, 5.74) is 5.49. The van der Waals surface area contributed by atoms with E-state index in [0.717, 1.165) is 0 Å². The lowest BCUT2D eigenvalue weighted by molar-refractivity contribution is 0.000478. The molecule has 2 aliphatic rings. The first kappa shape index (κ1) is 12.9. The van der Waals surface area contributed by atoms with Crippen molar-refractivity contribution < 1.29 is 19.5 Å². The van der Waals surface area contributed by atoms with Crippen molar-refractivity contribution in [3.8, 4) is 0 Å². The molecule has 2 heterocycles. The Hall–Kier alpha value is -1.54. The molecular weight excluding hydrogens is 240 g/mol. The summed E-state index contributed by atoms with van der Waals surface area (Å²) in [6, 6.07) is -0.0441. The van der Waals surface area contributed by atoms with Crippen LogP contribution in [-0.4, -0.2) is 79.0 Å². The number of nitrogens with two attached hydrogens (primary N) is 1. The maximum atomic E-state index is 12.2. The Morgan fingerprint density at radius 1 is 1.22 bits per heavy atom. The van der Waals surface area contributed by atoms with Crippen molar-refractivity contribution >= 4 is 11.9 Å². The number of carbonyl (C=O) groups is 1. The zero-order valence-corrected chi connectivity index (χ0v) is 10.1. The van der Waals surface area contributed by atoms with E-state index in [0.29, 0.717) is 46.0 Å². The van der Waals surface area contributed by atoms with E-state index in [-0.39, 0.29) is 11.9 Å². The summed E-state index contributed by atoms with van der Waals surface area (Å²) in [4.78, 5) is 15.6. The minimum Gasteiger partial charge on any atom is -0.409 e. The van der Waals surface area contributed by atoms with E-state index in [4.69, 9.17) is 20.4 Å². The maximum Gasteiger partial charge on any atom is 0.320 e. The number of carbonyl (C=O) groups excluding carboxylic acids is 1. The van der Waals surface area contributed by atoms with Crippen LogP contribution >= 0.6 is 0 Å². The van der Waals surface area contributed by atoms with Gasteiger partial charge >= 0.3 is 6.03 Å². The minimum absolute atomic E-state index is 0.00511. The molecule has 2 amide bonds. The number of oxime groups is 1. The maximum absolute atomic E-state index is 12.2. The van der Waals surface area contributed by atoms with Gasteiger partial charge in [0.05, 0.1) is 26.4 Å². The molecule has 18 heavy (non-hydrogen) atoms. The van der Waals surface area contributed by atoms with Crippen LogP contribution in [0.25, 0.3) is 0 Å². The molecule has 2 aliphatic heterocycles. The summed E-state index contributed by atoms with van der Waals surface area (Å²) >= 11 is 0. The van der Waals surface area contributed by atoms with E-state index < -0.39 is 6.10 Å². The van der Waals surface area contributed by atoms with Crippen molar-refractivity contribution in [2.75, 3.05) is 46.0 Å². The molecule has 0 saturated carbocycles. The number of hydrogen-bond donors (Lipinski definition) is 2. The molecule has 0 radical (unpaired) electrons. The Bertz CT molecular complexity index is 330. The average Bonchev–Trinajstić information content (AvgIpc) is 2.46. The highest BCUT2D eigenvalue weighted by molar-refractivity contribution is 5.85. The molecule has 1 atom stereocenters. The van der Waals surface area contributed by atoms with Gasteiger partial charge in [0.1, 0.15) is 6.10 Å². The van der Waals surface area contributed by atoms with Crippen LogP contribution in [0.4, 0.5) is 4.79 Å². The first-order valence-electron chi connectivity index (χ1n) is 5.93. The number of amides is 2. The van der Waals surface area contributed by atoms with Gasteiger partial charge in [-0.25, -0.2) is 4.79 Å². The molecule has 2 fully saturated rings. The van der Waals surface area contributed by atoms with Gasteiger partial charge in [-0.3, -0.25) is 0 Å². The fourth-order valence-corrected chi connectivity index (χ4v) is 2.02. The monoisotopic (exact) mass is 258 g/mol. The minimum atomic E-state index is -0.534. The third-order valence-electron chi connectivity index (χ3n) is 3.06. The summed E-state index contributed by atoms with van der Waals surface area (Å²) in [6.45, 7) is 3.56. The highest BCUT2D eigenvalue weighted by Crippen LogP contribution is 2.10. The third-order valence-corrected chi connectivity index (χ3v) is 3.06. The van der Waals surface area contributed by atoms with Crippen molar-refractivity contribution in [1.29, 1.82) is 0 Å². The largest absolute Gasteiger partial charge is 0.409 e. The second-order valence-electron chi connectivity index (χ2n) is 4.21. The van der Waals surface area contributed by atoms with Gasteiger partial charge in [-0.15, -0.1) is 0 Å². The molecule has 0 aromatic carbocycles. The van der Waals surface area contributed by atoms with Gasteiger partial charge < -0.3 is 30.2 Å². The quantitative estimate of drug-likeness (QED) is 0.269. The molecule has 8 heteroatoms. The van der Waals surface area contributed by atoms with Crippen LogP contribution in [0.3, 0.4) is 0 Å². The summed E-state index contributed by atoms with van der Waals surface area (Å²) < 4.78 is 10.6. The standard InChI is InChI=1S/C10H18N4O4/c11-9(12-16)8-7-14(3-6-18-8)10(15)13-1-4-17-5-2-13/h8,16H,1-7H2,(H2,11,12). The lowest BCUT2D eigenvalue weighted by Crippen LogP contribution is -2.55. The predicted octanol–water partition coefficient (Wildman–Crippen LogP) is -1.11. The number of nitrogens with zero attached hydrogens (tertiary/aromatic N) is 3. The number of morpholine rings is 2. The highest BCUT2D eigenvalue weighted by atomic mass is 16.5. The average molecular weight is 258 g/mol. The van der Waals surface area contributed by atoms with Crippen LogP contribution in [-0.2, 0) is 9.47 Å². The fraction of sp³-hybridized carbons (Fsp3) is 0.800. The Kier molecular flexibility index (Phi) is 4.21. The number of ether oxygens (including phenoxy) is 2. The van der Waals surface area contributed by atoms with Crippen molar-refractivity contribution in [2.45, 2.75) is 6.10 Å². The first-order valence-corrected chi connectivity index (χ1v) is 5.93. The SMILES string of the molecule is NC(=NO)C1CN(C(=O)N2CCOCC2)CCO1. The van der Waals surface area contributed by atoms with Crippen molar-refractivity contribution in [1.82, 2.24) is 9.80 Å². The van der Waals surface area contributed by atoms with Crippen molar-refractivity contribution in [2.24, 2.45) is 10.9 Å². The first-order chi connectivity index (χ1) is 8.72. The smallest absolute Gasteiger partial charge is 0.320 e. The Balaban J connectivity index is 1.93. The zero-order chi connectivity index (χ0) is 13.0. The molecule has 3 N–H and O–H groups in total. The molecular formula is C10H18N4O4. The molecule has 0 aromatic heterocycles. The fourth-order valence-electron chi connectivity index (χ4n) is 2.02. The lowest BCUT2D eigenvalue weighted by Gasteiger charge is -2.37. The molecule has 1 unspecified atom stereocenters. The zero-order valence-electron chi connectivity index (χ0n) is 10.1. The van der Waals surface area contributed by atoms with Crippen LogP contribution in [0.5, 0.6) is 0 Å². The molecule has 0 aliphatic carbocycles. The topological polar surface area (TPSA) is 101 Å². The molecule has 2 saturated heterocycles. The van der Waals surface area contributed by atoms with Gasteiger partial charge in [0, 0.05) is 19.6 Å². The molecule has 0 bridgehead atoms. The lowest BCUT2D eigenvalue weighted by atomic mass is 10.2. The molecule has 8 nitrogen and oxygen atoms in total. The molecule has 2 rings (SSSR count). The normalized spacial score (nSPS) is 26.2. The summed E-state index contributed by atoms with van der Waals surface area (Å²) in [7, 11) is 0. The van der Waals surface area contributed by atoms with E-state index in [2.05, 4.69) is 5.16 Å². The van der Waals surface area contributed by atoms with Gasteiger partial charge in [0.15, 0.2) is 5.84 Å². The number of rotatable bonds is 1. The van der Waals surface area contributed by atoms with E-state index >= 15 is 0 Å². The van der Waals surface area contributed by atoms with Crippen molar-refractivity contribution in [3.63, 3.8) is 0 Å². The van der Waals surface area contributed by atoms with Gasteiger partial charge in [-0.2, -0.15) is 0 Å². The Morgan fingerprint density at radius 2 is 1.89 bits per heavy atom. The molecule has 102 valence electrons. The highest BCUT2D eigenvalue weighted by Gasteiger charge is 2.30. The summed E-state index contributed by atoms with van der Waals surface area (Å²) in [5.74, 6) is -0.00511. The predicted molar refractivity (Wildman–Crippen MR) is 62.5 cm³/mol. The Morgan fingerprint density at radius 3 is 2.56 bits per heavy atom. The summed E-state index contributed by atoms with van der Waals surface area (Å²) in [5, 5.41) is 11.5. The van der Waals surface area contributed by atoms with Crippen LogP contribution in [0.15, 0.2) is 5.16 Å². The van der Waals surface area contributed by atoms with Crippen LogP contribution in [0.1, 0.15) is 0 Å². The second kappa shape index (κ2) is 5.87. The Labute approximate surface area is 105 Å². The second-order valence-corrected chi connectivity index (χ2v) is 4.21. The van der Waals surface area contributed by atoms with E-state index in [1.807, 2.05) is 0 Å². The molecule has 0 aromatic rings. The third kappa shape index (κ3) is 2.82. The summed E-state index contributed by atoms with van der Waals surface area (Å²) in [6.07, 6.45) is -0.534. The molecule has 0 spiro atoms. The number of urea groups is 1. The van der Waals surface area contributed by atoms with Crippen molar-refractivity contribution in [3.05, 3.63) is 0 Å². The number of hydrogen-bond acceptors (Lipinski definition) is 5. The van der Waals surface area contributed by atoms with Gasteiger partial charge in [0.2, 0.25) is 0 Å².